The molecule has 1 aliphatic heterocycles. The Morgan fingerprint density at radius 3 is 2.66 bits per heavy atom. The van der Waals surface area contributed by atoms with Gasteiger partial charge in [-0.3, -0.25) is 14.7 Å². The number of hydrogen-bond acceptors (Lipinski definition) is 5. The van der Waals surface area contributed by atoms with Gasteiger partial charge in [0.1, 0.15) is 12.6 Å². The highest BCUT2D eigenvalue weighted by Crippen LogP contribution is 2.38. The lowest BCUT2D eigenvalue weighted by atomic mass is 9.97. The number of nitrogens with zero attached hydrogens (tertiary/aromatic N) is 2. The van der Waals surface area contributed by atoms with E-state index in [-0.39, 0.29) is 6.04 Å². The summed E-state index contributed by atoms with van der Waals surface area (Å²) >= 11 is 0. The summed E-state index contributed by atoms with van der Waals surface area (Å²) in [7, 11) is 0. The number of hydrogen-bond donors (Lipinski definition) is 1. The predicted molar refractivity (Wildman–Crippen MR) is 122 cm³/mol. The Labute approximate surface area is 188 Å². The summed E-state index contributed by atoms with van der Waals surface area (Å²) < 4.78 is 12.0. The number of carboxylic acid groups (broad SMARTS) is 1. The summed E-state index contributed by atoms with van der Waals surface area (Å²) in [5.74, 6) is 0.533. The molecule has 32 heavy (non-hydrogen) atoms. The number of carbonyl (C=O) groups is 1. The maximum Gasteiger partial charge on any atom is 0.320 e. The first-order chi connectivity index (χ1) is 15.7. The fourth-order valence-corrected chi connectivity index (χ4v) is 4.29. The van der Waals surface area contributed by atoms with Gasteiger partial charge in [-0.25, -0.2) is 0 Å². The third-order valence-electron chi connectivity index (χ3n) is 5.73. The normalized spacial score (nSPS) is 17.1. The van der Waals surface area contributed by atoms with E-state index < -0.39 is 12.0 Å². The largest absolute Gasteiger partial charge is 0.490 e. The number of rotatable bonds is 9. The Bertz CT molecular complexity index is 1030. The third kappa shape index (κ3) is 4.92. The van der Waals surface area contributed by atoms with Crippen molar-refractivity contribution in [2.24, 2.45) is 0 Å². The van der Waals surface area contributed by atoms with Crippen molar-refractivity contribution in [3.63, 3.8) is 0 Å². The number of benzene rings is 2. The molecule has 0 amide bonds. The molecule has 3 aromatic rings. The molecular weight excluding hydrogens is 404 g/mol. The molecule has 4 rings (SSSR count). The average Bonchev–Trinajstić information content (AvgIpc) is 3.30. The van der Waals surface area contributed by atoms with E-state index in [1.54, 1.807) is 6.20 Å². The van der Waals surface area contributed by atoms with Crippen molar-refractivity contribution in [1.29, 1.82) is 0 Å². The van der Waals surface area contributed by atoms with Crippen LogP contribution < -0.4 is 9.47 Å². The summed E-state index contributed by atoms with van der Waals surface area (Å²) in [6.45, 7) is 3.60. The maximum absolute atomic E-state index is 11.9. The number of aromatic nitrogens is 1. The SMILES string of the molecule is CCOc1cc(C(c2cccnc2)N2CCCC2C(=O)O)ccc1OCc1ccccc1. The average molecular weight is 433 g/mol. The number of ether oxygens (including phenoxy) is 2. The molecule has 1 fully saturated rings. The van der Waals surface area contributed by atoms with Crippen molar-refractivity contribution in [1.82, 2.24) is 9.88 Å². The second kappa shape index (κ2) is 10.3. The minimum Gasteiger partial charge on any atom is -0.490 e. The van der Waals surface area contributed by atoms with Crippen LogP contribution in [0.1, 0.15) is 42.5 Å². The summed E-state index contributed by atoms with van der Waals surface area (Å²) in [6, 6.07) is 19.0. The summed E-state index contributed by atoms with van der Waals surface area (Å²) in [5.41, 5.74) is 3.00. The topological polar surface area (TPSA) is 71.9 Å². The van der Waals surface area contributed by atoms with E-state index in [0.29, 0.717) is 37.7 Å². The van der Waals surface area contributed by atoms with E-state index in [0.717, 1.165) is 23.1 Å². The molecule has 2 unspecified atom stereocenters. The molecule has 2 aromatic carbocycles. The molecule has 166 valence electrons. The lowest BCUT2D eigenvalue weighted by Gasteiger charge is -2.32. The van der Waals surface area contributed by atoms with Crippen molar-refractivity contribution in [3.8, 4) is 11.5 Å². The third-order valence-corrected chi connectivity index (χ3v) is 5.73. The van der Waals surface area contributed by atoms with Crippen molar-refractivity contribution < 1.29 is 19.4 Å². The van der Waals surface area contributed by atoms with Gasteiger partial charge in [-0.15, -0.1) is 0 Å². The second-order valence-corrected chi connectivity index (χ2v) is 7.84. The Morgan fingerprint density at radius 1 is 1.09 bits per heavy atom. The van der Waals surface area contributed by atoms with Crippen molar-refractivity contribution >= 4 is 5.97 Å². The zero-order valence-corrected chi connectivity index (χ0v) is 18.2. The fraction of sp³-hybridized carbons (Fsp3) is 0.308. The zero-order valence-electron chi connectivity index (χ0n) is 18.2. The van der Waals surface area contributed by atoms with Crippen LogP contribution in [0.3, 0.4) is 0 Å². The van der Waals surface area contributed by atoms with Crippen LogP contribution in [-0.2, 0) is 11.4 Å². The zero-order chi connectivity index (χ0) is 22.3. The monoisotopic (exact) mass is 432 g/mol. The Hall–Kier alpha value is -3.38. The van der Waals surface area contributed by atoms with Gasteiger partial charge in [0.15, 0.2) is 11.5 Å². The molecule has 1 aliphatic rings. The highest BCUT2D eigenvalue weighted by molar-refractivity contribution is 5.74. The van der Waals surface area contributed by atoms with Gasteiger partial charge in [0.25, 0.3) is 0 Å². The Balaban J connectivity index is 1.67. The second-order valence-electron chi connectivity index (χ2n) is 7.84. The van der Waals surface area contributed by atoms with E-state index in [2.05, 4.69) is 9.88 Å². The molecule has 1 N–H and O–H groups in total. The molecule has 0 aliphatic carbocycles. The maximum atomic E-state index is 11.9. The molecular formula is C26H28N2O4. The van der Waals surface area contributed by atoms with Crippen molar-refractivity contribution in [2.75, 3.05) is 13.2 Å². The quantitative estimate of drug-likeness (QED) is 0.529. The number of pyridine rings is 1. The highest BCUT2D eigenvalue weighted by Gasteiger charge is 2.37. The van der Waals surface area contributed by atoms with Crippen LogP contribution >= 0.6 is 0 Å². The van der Waals surface area contributed by atoms with E-state index in [1.807, 2.05) is 73.8 Å². The van der Waals surface area contributed by atoms with Crippen LogP contribution in [-0.4, -0.2) is 40.2 Å². The predicted octanol–water partition coefficient (Wildman–Crippen LogP) is 4.70. The summed E-state index contributed by atoms with van der Waals surface area (Å²) in [4.78, 5) is 18.3. The molecule has 0 saturated carbocycles. The summed E-state index contributed by atoms with van der Waals surface area (Å²) in [6.07, 6.45) is 5.03. The molecule has 1 aromatic heterocycles. The molecule has 6 nitrogen and oxygen atoms in total. The molecule has 6 heteroatoms. The van der Waals surface area contributed by atoms with Gasteiger partial charge in [-0.2, -0.15) is 0 Å². The van der Waals surface area contributed by atoms with E-state index >= 15 is 0 Å². The van der Waals surface area contributed by atoms with E-state index in [9.17, 15) is 9.90 Å². The van der Waals surface area contributed by atoms with Crippen LogP contribution in [0, 0.1) is 0 Å². The first kappa shape index (κ1) is 21.8. The van der Waals surface area contributed by atoms with Gasteiger partial charge in [-0.1, -0.05) is 42.5 Å². The van der Waals surface area contributed by atoms with Crippen LogP contribution in [0.25, 0.3) is 0 Å². The van der Waals surface area contributed by atoms with Gasteiger partial charge >= 0.3 is 5.97 Å². The molecule has 1 saturated heterocycles. The van der Waals surface area contributed by atoms with Crippen molar-refractivity contribution in [3.05, 3.63) is 89.7 Å². The first-order valence-corrected chi connectivity index (χ1v) is 11.0. The summed E-state index contributed by atoms with van der Waals surface area (Å²) in [5, 5.41) is 9.79. The van der Waals surface area contributed by atoms with Gasteiger partial charge < -0.3 is 14.6 Å². The molecule has 0 spiro atoms. The standard InChI is InChI=1S/C26H28N2O4/c1-2-31-24-16-20(12-13-23(24)32-18-19-8-4-3-5-9-19)25(21-10-6-14-27-17-21)28-15-7-11-22(28)26(29)30/h3-6,8-10,12-14,16-17,22,25H,2,7,11,15,18H2,1H3,(H,29,30). The first-order valence-electron chi connectivity index (χ1n) is 11.0. The van der Waals surface area contributed by atoms with Gasteiger partial charge in [0.2, 0.25) is 0 Å². The fourth-order valence-electron chi connectivity index (χ4n) is 4.29. The van der Waals surface area contributed by atoms with Crippen LogP contribution in [0.15, 0.2) is 73.1 Å². The molecule has 2 atom stereocenters. The lowest BCUT2D eigenvalue weighted by Crippen LogP contribution is -2.39. The van der Waals surface area contributed by atoms with E-state index in [1.165, 1.54) is 0 Å². The van der Waals surface area contributed by atoms with Crippen LogP contribution in [0.2, 0.25) is 0 Å². The lowest BCUT2D eigenvalue weighted by molar-refractivity contribution is -0.142. The highest BCUT2D eigenvalue weighted by atomic mass is 16.5. The molecule has 2 heterocycles. The van der Waals surface area contributed by atoms with Crippen molar-refractivity contribution in [2.45, 2.75) is 38.5 Å². The minimum absolute atomic E-state index is 0.227. The smallest absolute Gasteiger partial charge is 0.320 e. The minimum atomic E-state index is -0.788. The number of carboxylic acids is 1. The van der Waals surface area contributed by atoms with Gasteiger partial charge in [0.05, 0.1) is 12.6 Å². The Kier molecular flexibility index (Phi) is 7.02. The van der Waals surface area contributed by atoms with Gasteiger partial charge in [0, 0.05) is 18.9 Å². The number of likely N-dealkylation sites (tertiary alicyclic amines) is 1. The molecule has 0 bridgehead atoms. The van der Waals surface area contributed by atoms with Gasteiger partial charge in [-0.05, 0) is 54.7 Å². The van der Waals surface area contributed by atoms with Crippen LogP contribution in [0.5, 0.6) is 11.5 Å². The van der Waals surface area contributed by atoms with E-state index in [4.69, 9.17) is 9.47 Å². The molecule has 0 radical (unpaired) electrons. The number of aliphatic carboxylic acids is 1. The Morgan fingerprint density at radius 2 is 1.94 bits per heavy atom. The van der Waals surface area contributed by atoms with Crippen LogP contribution in [0.4, 0.5) is 0 Å².